The van der Waals surface area contributed by atoms with Crippen LogP contribution in [0.1, 0.15) is 36.7 Å². The molecule has 3 nitrogen and oxygen atoms in total. The molecule has 1 aromatic carbocycles. The van der Waals surface area contributed by atoms with Gasteiger partial charge in [-0.05, 0) is 39.3 Å². The molecule has 1 atom stereocenters. The van der Waals surface area contributed by atoms with Crippen LogP contribution in [0, 0.1) is 6.92 Å². The van der Waals surface area contributed by atoms with Gasteiger partial charge in [-0.2, -0.15) is 0 Å². The van der Waals surface area contributed by atoms with E-state index in [2.05, 4.69) is 0 Å². The van der Waals surface area contributed by atoms with E-state index in [-0.39, 0.29) is 11.9 Å². The molecule has 1 N–H and O–H groups in total. The van der Waals surface area contributed by atoms with E-state index < -0.39 is 6.10 Å². The highest BCUT2D eigenvalue weighted by Crippen LogP contribution is 2.22. The van der Waals surface area contributed by atoms with Crippen LogP contribution in [0.2, 0.25) is 5.02 Å². The fraction of sp³-hybridized carbons (Fsp3) is 0.500. The zero-order valence-corrected chi connectivity index (χ0v) is 12.0. The van der Waals surface area contributed by atoms with Crippen molar-refractivity contribution in [2.75, 3.05) is 6.54 Å². The van der Waals surface area contributed by atoms with Crippen molar-refractivity contribution in [1.29, 1.82) is 0 Å². The van der Waals surface area contributed by atoms with Gasteiger partial charge in [0.25, 0.3) is 5.91 Å². The van der Waals surface area contributed by atoms with E-state index in [0.717, 1.165) is 5.56 Å². The van der Waals surface area contributed by atoms with Crippen LogP contribution in [0.4, 0.5) is 0 Å². The van der Waals surface area contributed by atoms with E-state index >= 15 is 0 Å². The third-order valence-corrected chi connectivity index (χ3v) is 3.27. The van der Waals surface area contributed by atoms with Crippen LogP contribution in [0.25, 0.3) is 0 Å². The van der Waals surface area contributed by atoms with Crippen molar-refractivity contribution >= 4 is 17.5 Å². The number of rotatable bonds is 4. The Morgan fingerprint density at radius 1 is 1.39 bits per heavy atom. The van der Waals surface area contributed by atoms with E-state index in [9.17, 15) is 9.90 Å². The molecule has 18 heavy (non-hydrogen) atoms. The van der Waals surface area contributed by atoms with Crippen molar-refractivity contribution in [2.45, 2.75) is 39.8 Å². The van der Waals surface area contributed by atoms with Gasteiger partial charge in [-0.25, -0.2) is 0 Å². The molecule has 0 bridgehead atoms. The summed E-state index contributed by atoms with van der Waals surface area (Å²) in [6, 6.07) is 5.42. The minimum atomic E-state index is -0.556. The summed E-state index contributed by atoms with van der Waals surface area (Å²) in [5, 5.41) is 9.95. The molecule has 0 radical (unpaired) electrons. The number of amides is 1. The summed E-state index contributed by atoms with van der Waals surface area (Å²) in [6.45, 7) is 7.68. The Kier molecular flexibility index (Phi) is 5.17. The predicted molar refractivity (Wildman–Crippen MR) is 74.0 cm³/mol. The first-order valence-electron chi connectivity index (χ1n) is 6.08. The van der Waals surface area contributed by atoms with Crippen LogP contribution in [0.3, 0.4) is 0 Å². The molecule has 1 unspecified atom stereocenters. The molecule has 0 spiro atoms. The standard InChI is InChI=1S/C14H20ClNO2/c1-9(2)16(8-11(4)17)14(18)12-7-5-6-10(3)13(12)15/h5-7,9,11,17H,8H2,1-4H3. The Balaban J connectivity index is 3.06. The number of halogens is 1. The number of aliphatic hydroxyl groups excluding tert-OH is 1. The topological polar surface area (TPSA) is 40.5 Å². The first-order valence-corrected chi connectivity index (χ1v) is 6.46. The Hall–Kier alpha value is -1.06. The van der Waals surface area contributed by atoms with Crippen LogP contribution in [0.5, 0.6) is 0 Å². The van der Waals surface area contributed by atoms with Crippen molar-refractivity contribution < 1.29 is 9.90 Å². The number of carbonyl (C=O) groups is 1. The third kappa shape index (κ3) is 3.47. The maximum Gasteiger partial charge on any atom is 0.255 e. The first-order chi connectivity index (χ1) is 8.34. The van der Waals surface area contributed by atoms with Crippen LogP contribution >= 0.6 is 11.6 Å². The van der Waals surface area contributed by atoms with Crippen molar-refractivity contribution in [3.05, 3.63) is 34.3 Å². The molecule has 0 aliphatic carbocycles. The molecule has 0 aromatic heterocycles. The van der Waals surface area contributed by atoms with Gasteiger partial charge in [0.2, 0.25) is 0 Å². The Morgan fingerprint density at radius 2 is 2.00 bits per heavy atom. The zero-order chi connectivity index (χ0) is 13.9. The van der Waals surface area contributed by atoms with Crippen molar-refractivity contribution in [1.82, 2.24) is 4.90 Å². The van der Waals surface area contributed by atoms with Crippen molar-refractivity contribution in [2.24, 2.45) is 0 Å². The lowest BCUT2D eigenvalue weighted by Gasteiger charge is -2.28. The quantitative estimate of drug-likeness (QED) is 0.913. The average Bonchev–Trinajstić information content (AvgIpc) is 2.28. The van der Waals surface area contributed by atoms with Crippen molar-refractivity contribution in [3.63, 3.8) is 0 Å². The summed E-state index contributed by atoms with van der Waals surface area (Å²) in [5.41, 5.74) is 1.37. The Labute approximate surface area is 113 Å². The lowest BCUT2D eigenvalue weighted by molar-refractivity contribution is 0.0579. The van der Waals surface area contributed by atoms with E-state index in [0.29, 0.717) is 17.1 Å². The summed E-state index contributed by atoms with van der Waals surface area (Å²) in [4.78, 5) is 14.1. The molecule has 1 aromatic rings. The molecule has 1 amide bonds. The fourth-order valence-corrected chi connectivity index (χ4v) is 1.99. The molecular weight excluding hydrogens is 250 g/mol. The van der Waals surface area contributed by atoms with E-state index in [1.54, 1.807) is 17.9 Å². The normalized spacial score (nSPS) is 12.6. The van der Waals surface area contributed by atoms with E-state index in [1.807, 2.05) is 32.9 Å². The van der Waals surface area contributed by atoms with Gasteiger partial charge in [0, 0.05) is 12.6 Å². The molecule has 0 fully saturated rings. The summed E-state index contributed by atoms with van der Waals surface area (Å²) in [5.74, 6) is -0.139. The minimum Gasteiger partial charge on any atom is -0.392 e. The number of benzene rings is 1. The van der Waals surface area contributed by atoms with Gasteiger partial charge in [-0.15, -0.1) is 0 Å². The van der Waals surface area contributed by atoms with Gasteiger partial charge < -0.3 is 10.0 Å². The SMILES string of the molecule is Cc1cccc(C(=O)N(CC(C)O)C(C)C)c1Cl. The molecule has 1 rings (SSSR count). The lowest BCUT2D eigenvalue weighted by atomic mass is 10.1. The van der Waals surface area contributed by atoms with Crippen LogP contribution in [-0.4, -0.2) is 34.6 Å². The minimum absolute atomic E-state index is 0.0173. The van der Waals surface area contributed by atoms with Crippen LogP contribution in [0.15, 0.2) is 18.2 Å². The molecule has 0 heterocycles. The van der Waals surface area contributed by atoms with Gasteiger partial charge in [0.05, 0.1) is 16.7 Å². The highest BCUT2D eigenvalue weighted by atomic mass is 35.5. The molecule has 0 aliphatic heterocycles. The predicted octanol–water partition coefficient (Wildman–Crippen LogP) is 2.88. The van der Waals surface area contributed by atoms with Crippen LogP contribution in [-0.2, 0) is 0 Å². The van der Waals surface area contributed by atoms with E-state index in [1.165, 1.54) is 0 Å². The number of carbonyl (C=O) groups excluding carboxylic acids is 1. The highest BCUT2D eigenvalue weighted by molar-refractivity contribution is 6.34. The van der Waals surface area contributed by atoms with Gasteiger partial charge >= 0.3 is 0 Å². The smallest absolute Gasteiger partial charge is 0.255 e. The van der Waals surface area contributed by atoms with E-state index in [4.69, 9.17) is 11.6 Å². The third-order valence-electron chi connectivity index (χ3n) is 2.77. The lowest BCUT2D eigenvalue weighted by Crippen LogP contribution is -2.41. The fourth-order valence-electron chi connectivity index (χ4n) is 1.78. The summed E-state index contributed by atoms with van der Waals surface area (Å²) in [6.07, 6.45) is -0.556. The second-order valence-electron chi connectivity index (χ2n) is 4.84. The number of hydrogen-bond donors (Lipinski definition) is 1. The maximum absolute atomic E-state index is 12.4. The van der Waals surface area contributed by atoms with Crippen LogP contribution < -0.4 is 0 Å². The Bertz CT molecular complexity index is 430. The number of aryl methyl sites for hydroxylation is 1. The molecule has 0 aliphatic rings. The average molecular weight is 270 g/mol. The molecule has 4 heteroatoms. The first kappa shape index (κ1) is 15.0. The van der Waals surface area contributed by atoms with Gasteiger partial charge in [-0.3, -0.25) is 4.79 Å². The van der Waals surface area contributed by atoms with Gasteiger partial charge in [0.1, 0.15) is 0 Å². The molecule has 0 saturated heterocycles. The second kappa shape index (κ2) is 6.21. The van der Waals surface area contributed by atoms with Gasteiger partial charge in [0.15, 0.2) is 0 Å². The monoisotopic (exact) mass is 269 g/mol. The number of nitrogens with zero attached hydrogens (tertiary/aromatic N) is 1. The maximum atomic E-state index is 12.4. The number of aliphatic hydroxyl groups is 1. The molecule has 0 saturated carbocycles. The molecule has 100 valence electrons. The summed E-state index contributed by atoms with van der Waals surface area (Å²) < 4.78 is 0. The summed E-state index contributed by atoms with van der Waals surface area (Å²) >= 11 is 6.16. The summed E-state index contributed by atoms with van der Waals surface area (Å²) in [7, 11) is 0. The zero-order valence-electron chi connectivity index (χ0n) is 11.3. The second-order valence-corrected chi connectivity index (χ2v) is 5.21. The highest BCUT2D eigenvalue weighted by Gasteiger charge is 2.22. The molecular formula is C14H20ClNO2. The van der Waals surface area contributed by atoms with Crippen molar-refractivity contribution in [3.8, 4) is 0 Å². The number of hydrogen-bond acceptors (Lipinski definition) is 2. The largest absolute Gasteiger partial charge is 0.392 e. The van der Waals surface area contributed by atoms with Gasteiger partial charge in [-0.1, -0.05) is 23.7 Å². The Morgan fingerprint density at radius 3 is 2.50 bits per heavy atom.